The van der Waals surface area contributed by atoms with E-state index in [1.165, 1.54) is 12.3 Å². The van der Waals surface area contributed by atoms with E-state index in [4.69, 9.17) is 0 Å². The average molecular weight is 251 g/mol. The van der Waals surface area contributed by atoms with Crippen LogP contribution in [0.2, 0.25) is 0 Å². The van der Waals surface area contributed by atoms with Crippen LogP contribution in [0, 0.1) is 11.7 Å². The van der Waals surface area contributed by atoms with E-state index in [1.54, 1.807) is 4.90 Å². The van der Waals surface area contributed by atoms with Crippen molar-refractivity contribution in [1.29, 1.82) is 0 Å². The van der Waals surface area contributed by atoms with Gasteiger partial charge in [-0.05, 0) is 38.4 Å². The fourth-order valence-electron chi connectivity index (χ4n) is 2.42. The summed E-state index contributed by atoms with van der Waals surface area (Å²) in [6.45, 7) is 2.39. The molecule has 0 saturated carbocycles. The highest BCUT2D eigenvalue weighted by Crippen LogP contribution is 2.18. The summed E-state index contributed by atoms with van der Waals surface area (Å²) >= 11 is 0. The number of nitrogens with one attached hydrogen (secondary N) is 1. The molecule has 1 amide bonds. The maximum absolute atomic E-state index is 13.0. The molecule has 4 nitrogen and oxygen atoms in total. The highest BCUT2D eigenvalue weighted by atomic mass is 19.1. The van der Waals surface area contributed by atoms with Gasteiger partial charge < -0.3 is 10.2 Å². The van der Waals surface area contributed by atoms with Crippen LogP contribution in [0.1, 0.15) is 23.2 Å². The van der Waals surface area contributed by atoms with Crippen LogP contribution < -0.4 is 5.32 Å². The van der Waals surface area contributed by atoms with Crippen molar-refractivity contribution in [1.82, 2.24) is 15.2 Å². The molecule has 1 N–H and O–H groups in total. The average Bonchev–Trinajstić information content (AvgIpc) is 2.39. The van der Waals surface area contributed by atoms with Crippen molar-refractivity contribution in [2.24, 2.45) is 5.92 Å². The van der Waals surface area contributed by atoms with Gasteiger partial charge in [0.15, 0.2) is 0 Å². The minimum absolute atomic E-state index is 0.122. The molecule has 1 aliphatic heterocycles. The third-order valence-corrected chi connectivity index (χ3v) is 3.25. The molecule has 0 aromatic carbocycles. The molecule has 0 unspecified atom stereocenters. The van der Waals surface area contributed by atoms with Crippen molar-refractivity contribution in [3.8, 4) is 0 Å². The molecular weight excluding hydrogens is 233 g/mol. The van der Waals surface area contributed by atoms with Crippen molar-refractivity contribution in [3.63, 3.8) is 0 Å². The minimum Gasteiger partial charge on any atom is -0.338 e. The van der Waals surface area contributed by atoms with Crippen LogP contribution in [0.5, 0.6) is 0 Å². The maximum Gasteiger partial charge on any atom is 0.255 e. The molecule has 98 valence electrons. The summed E-state index contributed by atoms with van der Waals surface area (Å²) in [5.41, 5.74) is 0.333. The van der Waals surface area contributed by atoms with Gasteiger partial charge in [-0.2, -0.15) is 0 Å². The molecule has 2 heterocycles. The fourth-order valence-corrected chi connectivity index (χ4v) is 2.42. The Balaban J connectivity index is 2.04. The number of pyridine rings is 1. The molecular formula is C13H18FN3O. The van der Waals surface area contributed by atoms with Crippen molar-refractivity contribution in [3.05, 3.63) is 29.8 Å². The van der Waals surface area contributed by atoms with Gasteiger partial charge in [0.25, 0.3) is 5.91 Å². The van der Waals surface area contributed by atoms with Crippen LogP contribution >= 0.6 is 0 Å². The lowest BCUT2D eigenvalue weighted by Crippen LogP contribution is -2.42. The second kappa shape index (κ2) is 5.91. The van der Waals surface area contributed by atoms with Crippen molar-refractivity contribution >= 4 is 5.91 Å². The highest BCUT2D eigenvalue weighted by molar-refractivity contribution is 5.93. The number of carbonyl (C=O) groups excluding carboxylic acids is 1. The monoisotopic (exact) mass is 251 g/mol. The van der Waals surface area contributed by atoms with E-state index in [0.29, 0.717) is 11.5 Å². The van der Waals surface area contributed by atoms with Gasteiger partial charge in [0.2, 0.25) is 0 Å². The first kappa shape index (κ1) is 13.0. The zero-order valence-electron chi connectivity index (χ0n) is 10.5. The molecule has 1 aromatic rings. The van der Waals surface area contributed by atoms with E-state index in [-0.39, 0.29) is 5.91 Å². The van der Waals surface area contributed by atoms with Gasteiger partial charge >= 0.3 is 0 Å². The topological polar surface area (TPSA) is 45.2 Å². The normalized spacial score (nSPS) is 19.9. The van der Waals surface area contributed by atoms with Gasteiger partial charge in [0, 0.05) is 19.3 Å². The number of hydrogen-bond donors (Lipinski definition) is 1. The smallest absolute Gasteiger partial charge is 0.255 e. The fraction of sp³-hybridized carbons (Fsp3) is 0.538. The Morgan fingerprint density at radius 2 is 2.44 bits per heavy atom. The molecule has 5 heteroatoms. The molecule has 0 radical (unpaired) electrons. The lowest BCUT2D eigenvalue weighted by atomic mass is 9.97. The minimum atomic E-state index is -0.468. The second-order valence-corrected chi connectivity index (χ2v) is 4.71. The van der Waals surface area contributed by atoms with Crippen LogP contribution in [0.3, 0.4) is 0 Å². The zero-order chi connectivity index (χ0) is 13.0. The largest absolute Gasteiger partial charge is 0.338 e. The molecule has 18 heavy (non-hydrogen) atoms. The lowest BCUT2D eigenvalue weighted by Gasteiger charge is -2.32. The Bertz CT molecular complexity index is 422. The molecule has 1 atom stereocenters. The van der Waals surface area contributed by atoms with Gasteiger partial charge in [-0.25, -0.2) is 4.39 Å². The number of hydrogen-bond acceptors (Lipinski definition) is 3. The lowest BCUT2D eigenvalue weighted by molar-refractivity contribution is 0.0673. The van der Waals surface area contributed by atoms with Crippen molar-refractivity contribution in [2.75, 3.05) is 26.7 Å². The van der Waals surface area contributed by atoms with E-state index >= 15 is 0 Å². The summed E-state index contributed by atoms with van der Waals surface area (Å²) < 4.78 is 13.0. The predicted molar refractivity (Wildman–Crippen MR) is 66.7 cm³/mol. The van der Waals surface area contributed by atoms with E-state index in [2.05, 4.69) is 10.3 Å². The quantitative estimate of drug-likeness (QED) is 0.880. The van der Waals surface area contributed by atoms with Gasteiger partial charge in [0.1, 0.15) is 5.82 Å². The summed E-state index contributed by atoms with van der Waals surface area (Å²) in [6, 6.07) is 1.25. The third kappa shape index (κ3) is 3.04. The van der Waals surface area contributed by atoms with Crippen LogP contribution in [-0.2, 0) is 0 Å². The van der Waals surface area contributed by atoms with Crippen LogP contribution in [0.4, 0.5) is 4.39 Å². The Hall–Kier alpha value is -1.49. The van der Waals surface area contributed by atoms with Crippen LogP contribution in [0.25, 0.3) is 0 Å². The highest BCUT2D eigenvalue weighted by Gasteiger charge is 2.24. The molecule has 0 spiro atoms. The second-order valence-electron chi connectivity index (χ2n) is 4.71. The summed E-state index contributed by atoms with van der Waals surface area (Å²) in [5, 5.41) is 3.14. The van der Waals surface area contributed by atoms with E-state index < -0.39 is 5.82 Å². The first-order chi connectivity index (χ1) is 8.70. The van der Waals surface area contributed by atoms with Crippen LogP contribution in [-0.4, -0.2) is 42.5 Å². The zero-order valence-corrected chi connectivity index (χ0v) is 10.5. The first-order valence-electron chi connectivity index (χ1n) is 6.25. The molecule has 1 fully saturated rings. The van der Waals surface area contributed by atoms with Gasteiger partial charge in [0.05, 0.1) is 11.8 Å². The van der Waals surface area contributed by atoms with Gasteiger partial charge in [-0.3, -0.25) is 9.78 Å². The summed E-state index contributed by atoms with van der Waals surface area (Å²) in [5.74, 6) is -0.110. The van der Waals surface area contributed by atoms with Crippen molar-refractivity contribution < 1.29 is 9.18 Å². The number of amides is 1. The number of aromatic nitrogens is 1. The number of likely N-dealkylation sites (tertiary alicyclic amines) is 1. The number of carbonyl (C=O) groups is 1. The standard InChI is InChI=1S/C13H18FN3O/c1-15-6-10-3-2-4-17(9-10)13(18)11-5-12(14)8-16-7-11/h5,7-8,10,15H,2-4,6,9H2,1H3/t10-/m1/s1. The van der Waals surface area contributed by atoms with Crippen LogP contribution in [0.15, 0.2) is 18.5 Å². The first-order valence-corrected chi connectivity index (χ1v) is 6.25. The molecule has 1 aromatic heterocycles. The van der Waals surface area contributed by atoms with Gasteiger partial charge in [-0.15, -0.1) is 0 Å². The Kier molecular flexibility index (Phi) is 4.25. The molecule has 1 aliphatic rings. The van der Waals surface area contributed by atoms with Crippen molar-refractivity contribution in [2.45, 2.75) is 12.8 Å². The summed E-state index contributed by atoms with van der Waals surface area (Å²) in [4.78, 5) is 17.7. The van der Waals surface area contributed by atoms with E-state index in [1.807, 2.05) is 7.05 Å². The summed E-state index contributed by atoms with van der Waals surface area (Å²) in [7, 11) is 1.91. The molecule has 2 rings (SSSR count). The number of rotatable bonds is 3. The van der Waals surface area contributed by atoms with E-state index in [0.717, 1.165) is 38.7 Å². The van der Waals surface area contributed by atoms with E-state index in [9.17, 15) is 9.18 Å². The Labute approximate surface area is 106 Å². The molecule has 0 bridgehead atoms. The number of piperidine rings is 1. The summed E-state index contributed by atoms with van der Waals surface area (Å²) in [6.07, 6.45) is 4.66. The number of halogens is 1. The van der Waals surface area contributed by atoms with Gasteiger partial charge in [-0.1, -0.05) is 0 Å². The molecule has 1 saturated heterocycles. The number of nitrogens with zero attached hydrogens (tertiary/aromatic N) is 2. The molecule has 0 aliphatic carbocycles. The Morgan fingerprint density at radius 3 is 3.17 bits per heavy atom. The Morgan fingerprint density at radius 1 is 1.61 bits per heavy atom. The maximum atomic E-state index is 13.0. The SMILES string of the molecule is CNC[C@H]1CCCN(C(=O)c2cncc(F)c2)C1. The third-order valence-electron chi connectivity index (χ3n) is 3.25. The predicted octanol–water partition coefficient (Wildman–Crippen LogP) is 1.29.